The Kier molecular flexibility index (Phi) is 6.28. The number of rotatable bonds is 7. The second-order valence-electron chi connectivity index (χ2n) is 6.34. The van der Waals surface area contributed by atoms with Gasteiger partial charge in [-0.25, -0.2) is 4.79 Å². The molecule has 9 heteroatoms. The van der Waals surface area contributed by atoms with Gasteiger partial charge in [0.25, 0.3) is 0 Å². The van der Waals surface area contributed by atoms with Crippen LogP contribution in [0.1, 0.15) is 18.9 Å². The molecule has 1 aromatic carbocycles. The van der Waals surface area contributed by atoms with Gasteiger partial charge in [-0.1, -0.05) is 13.0 Å². The molecule has 0 saturated carbocycles. The van der Waals surface area contributed by atoms with Gasteiger partial charge in [0, 0.05) is 30.2 Å². The van der Waals surface area contributed by atoms with Gasteiger partial charge in [0.1, 0.15) is 0 Å². The van der Waals surface area contributed by atoms with E-state index < -0.39 is 0 Å². The van der Waals surface area contributed by atoms with Gasteiger partial charge in [-0.15, -0.1) is 10.2 Å². The van der Waals surface area contributed by atoms with Crippen LogP contribution in [0.5, 0.6) is 0 Å². The Bertz CT molecular complexity index is 892. The van der Waals surface area contributed by atoms with Crippen LogP contribution in [-0.2, 0) is 13.6 Å². The van der Waals surface area contributed by atoms with Crippen LogP contribution in [0.3, 0.4) is 0 Å². The molecule has 146 valence electrons. The summed E-state index contributed by atoms with van der Waals surface area (Å²) in [5.41, 5.74) is 2.34. The lowest BCUT2D eigenvalue weighted by Crippen LogP contribution is -2.44. The van der Waals surface area contributed by atoms with Gasteiger partial charge in [-0.2, -0.15) is 4.80 Å². The highest BCUT2D eigenvalue weighted by atomic mass is 16.3. The van der Waals surface area contributed by atoms with Crippen molar-refractivity contribution < 1.29 is 9.90 Å². The number of aryl methyl sites for hydroxylation is 1. The number of nitrogens with one attached hydrogen (secondary N) is 1. The van der Waals surface area contributed by atoms with Gasteiger partial charge >= 0.3 is 6.03 Å². The average Bonchev–Trinajstić information content (AvgIpc) is 3.16. The molecule has 3 aromatic rings. The van der Waals surface area contributed by atoms with Gasteiger partial charge in [0.15, 0.2) is 0 Å². The molecule has 0 aliphatic carbocycles. The third kappa shape index (κ3) is 4.68. The molecule has 28 heavy (non-hydrogen) atoms. The van der Waals surface area contributed by atoms with Crippen molar-refractivity contribution in [2.75, 3.05) is 11.9 Å². The standard InChI is InChI=1S/C19H23N7O2/c1-3-17(13-27)26(12-14-5-4-10-20-11-14)19(28)21-16-8-6-15(7-9-16)18-22-24-25(2)23-18/h4-11,17,27H,3,12-13H2,1-2H3,(H,21,28)/t17-/m1/s1. The first-order valence-electron chi connectivity index (χ1n) is 9.02. The van der Waals surface area contributed by atoms with Crippen molar-refractivity contribution in [3.05, 3.63) is 54.4 Å². The van der Waals surface area contributed by atoms with Crippen molar-refractivity contribution in [1.29, 1.82) is 0 Å². The molecule has 0 aliphatic heterocycles. The maximum Gasteiger partial charge on any atom is 0.322 e. The quantitative estimate of drug-likeness (QED) is 0.648. The van der Waals surface area contributed by atoms with Crippen LogP contribution in [0, 0.1) is 0 Å². The third-order valence-electron chi connectivity index (χ3n) is 4.36. The van der Waals surface area contributed by atoms with E-state index in [-0.39, 0.29) is 18.7 Å². The van der Waals surface area contributed by atoms with E-state index in [0.29, 0.717) is 24.5 Å². The Balaban J connectivity index is 1.73. The van der Waals surface area contributed by atoms with Gasteiger partial charge in [0.05, 0.1) is 19.7 Å². The molecule has 0 spiro atoms. The number of nitrogens with zero attached hydrogens (tertiary/aromatic N) is 6. The van der Waals surface area contributed by atoms with Crippen LogP contribution >= 0.6 is 0 Å². The van der Waals surface area contributed by atoms with E-state index in [1.165, 1.54) is 4.80 Å². The SMILES string of the molecule is CC[C@H](CO)N(Cc1cccnc1)C(=O)Nc1ccc(-c2nnn(C)n2)cc1. The largest absolute Gasteiger partial charge is 0.394 e. The van der Waals surface area contributed by atoms with Crippen molar-refractivity contribution in [3.63, 3.8) is 0 Å². The fourth-order valence-corrected chi connectivity index (χ4v) is 2.80. The van der Waals surface area contributed by atoms with E-state index in [1.807, 2.05) is 31.2 Å². The zero-order chi connectivity index (χ0) is 19.9. The molecule has 2 heterocycles. The maximum absolute atomic E-state index is 12.9. The second-order valence-corrected chi connectivity index (χ2v) is 6.34. The fraction of sp³-hybridized carbons (Fsp3) is 0.316. The number of hydrogen-bond acceptors (Lipinski definition) is 6. The molecule has 3 rings (SSSR count). The van der Waals surface area contributed by atoms with Crippen molar-refractivity contribution in [1.82, 2.24) is 30.1 Å². The molecule has 0 unspecified atom stereocenters. The summed E-state index contributed by atoms with van der Waals surface area (Å²) in [6.07, 6.45) is 4.04. The van der Waals surface area contributed by atoms with E-state index in [1.54, 1.807) is 36.5 Å². The monoisotopic (exact) mass is 381 g/mol. The molecule has 0 bridgehead atoms. The topological polar surface area (TPSA) is 109 Å². The second kappa shape index (κ2) is 9.05. The number of aromatic nitrogens is 5. The number of aliphatic hydroxyl groups excluding tert-OH is 1. The van der Waals surface area contributed by atoms with E-state index >= 15 is 0 Å². The molecule has 0 aliphatic rings. The zero-order valence-corrected chi connectivity index (χ0v) is 15.9. The van der Waals surface area contributed by atoms with E-state index in [9.17, 15) is 9.90 Å². The Labute approximate surface area is 163 Å². The molecule has 9 nitrogen and oxygen atoms in total. The number of carbonyl (C=O) groups excluding carboxylic acids is 1. The lowest BCUT2D eigenvalue weighted by molar-refractivity contribution is 0.134. The van der Waals surface area contributed by atoms with Crippen molar-refractivity contribution >= 4 is 11.7 Å². The Morgan fingerprint density at radius 1 is 1.29 bits per heavy atom. The number of anilines is 1. The summed E-state index contributed by atoms with van der Waals surface area (Å²) in [5, 5.41) is 24.5. The van der Waals surface area contributed by atoms with Gasteiger partial charge in [0.2, 0.25) is 5.82 Å². The van der Waals surface area contributed by atoms with Crippen molar-refractivity contribution in [2.45, 2.75) is 25.9 Å². The van der Waals surface area contributed by atoms with E-state index in [4.69, 9.17) is 0 Å². The molecule has 2 N–H and O–H groups in total. The minimum atomic E-state index is -0.289. The lowest BCUT2D eigenvalue weighted by atomic mass is 10.1. The average molecular weight is 381 g/mol. The van der Waals surface area contributed by atoms with Crippen LogP contribution < -0.4 is 5.32 Å². The minimum Gasteiger partial charge on any atom is -0.394 e. The Hall–Kier alpha value is -3.33. The lowest BCUT2D eigenvalue weighted by Gasteiger charge is -2.30. The Morgan fingerprint density at radius 2 is 2.07 bits per heavy atom. The molecular weight excluding hydrogens is 358 g/mol. The van der Waals surface area contributed by atoms with Gasteiger partial charge < -0.3 is 15.3 Å². The zero-order valence-electron chi connectivity index (χ0n) is 15.9. The Morgan fingerprint density at radius 3 is 2.64 bits per heavy atom. The van der Waals surface area contributed by atoms with Crippen LogP contribution in [-0.4, -0.2) is 53.9 Å². The smallest absolute Gasteiger partial charge is 0.322 e. The molecule has 0 fully saturated rings. The number of urea groups is 1. The maximum atomic E-state index is 12.9. The highest BCUT2D eigenvalue weighted by Crippen LogP contribution is 2.19. The summed E-state index contributed by atoms with van der Waals surface area (Å²) in [4.78, 5) is 20.0. The van der Waals surface area contributed by atoms with Crippen molar-refractivity contribution in [2.24, 2.45) is 7.05 Å². The number of benzene rings is 1. The summed E-state index contributed by atoms with van der Waals surface area (Å²) in [6.45, 7) is 2.19. The molecule has 0 saturated heterocycles. The predicted octanol–water partition coefficient (Wildman–Crippen LogP) is 2.08. The third-order valence-corrected chi connectivity index (χ3v) is 4.36. The number of aliphatic hydroxyl groups is 1. The first-order valence-corrected chi connectivity index (χ1v) is 9.02. The van der Waals surface area contributed by atoms with Crippen LogP contribution in [0.15, 0.2) is 48.8 Å². The first-order chi connectivity index (χ1) is 13.6. The van der Waals surface area contributed by atoms with Crippen LogP contribution in [0.4, 0.5) is 10.5 Å². The van der Waals surface area contributed by atoms with Crippen LogP contribution in [0.2, 0.25) is 0 Å². The summed E-state index contributed by atoms with van der Waals surface area (Å²) >= 11 is 0. The highest BCUT2D eigenvalue weighted by Gasteiger charge is 2.22. The first kappa shape index (κ1) is 19.4. The highest BCUT2D eigenvalue weighted by molar-refractivity contribution is 5.89. The summed E-state index contributed by atoms with van der Waals surface area (Å²) in [7, 11) is 1.70. The number of carbonyl (C=O) groups is 1. The van der Waals surface area contributed by atoms with E-state index in [2.05, 4.69) is 25.7 Å². The molecule has 0 radical (unpaired) electrons. The minimum absolute atomic E-state index is 0.110. The summed E-state index contributed by atoms with van der Waals surface area (Å²) < 4.78 is 0. The van der Waals surface area contributed by atoms with Gasteiger partial charge in [-0.3, -0.25) is 4.98 Å². The van der Waals surface area contributed by atoms with Crippen molar-refractivity contribution in [3.8, 4) is 11.4 Å². The molecule has 2 amide bonds. The molecular formula is C19H23N7O2. The molecule has 2 aromatic heterocycles. The van der Waals surface area contributed by atoms with Crippen LogP contribution in [0.25, 0.3) is 11.4 Å². The van der Waals surface area contributed by atoms with E-state index in [0.717, 1.165) is 11.1 Å². The number of hydrogen-bond donors (Lipinski definition) is 2. The fourth-order valence-electron chi connectivity index (χ4n) is 2.80. The summed E-state index contributed by atoms with van der Waals surface area (Å²) in [6, 6.07) is 10.4. The van der Waals surface area contributed by atoms with Gasteiger partial charge in [-0.05, 0) is 47.5 Å². The number of amides is 2. The number of pyridine rings is 1. The molecule has 1 atom stereocenters. The normalized spacial score (nSPS) is 11.8. The summed E-state index contributed by atoms with van der Waals surface area (Å²) in [5.74, 6) is 0.518. The predicted molar refractivity (Wildman–Crippen MR) is 104 cm³/mol. The number of tetrazole rings is 1.